The zero-order valence-electron chi connectivity index (χ0n) is 12.5. The minimum absolute atomic E-state index is 1.21. The summed E-state index contributed by atoms with van der Waals surface area (Å²) in [6, 6.07) is 40.9. The van der Waals surface area contributed by atoms with Crippen LogP contribution in [0.3, 0.4) is 0 Å². The van der Waals surface area contributed by atoms with Crippen molar-refractivity contribution in [2.45, 2.75) is 0 Å². The van der Waals surface area contributed by atoms with Gasteiger partial charge in [-0.25, -0.2) is 0 Å². The van der Waals surface area contributed by atoms with Gasteiger partial charge in [0.2, 0.25) is 0 Å². The summed E-state index contributed by atoms with van der Waals surface area (Å²) < 4.78 is 0. The first-order chi connectivity index (χ1) is 11.0. The van der Waals surface area contributed by atoms with Crippen molar-refractivity contribution in [2.75, 3.05) is 0 Å². The van der Waals surface area contributed by atoms with Gasteiger partial charge in [0.05, 0.1) is 0 Å². The quantitative estimate of drug-likeness (QED) is 0.539. The molecule has 0 atom stereocenters. The first-order valence-corrected chi connectivity index (χ1v) is 7.40. The van der Waals surface area contributed by atoms with Crippen molar-refractivity contribution < 1.29 is 0 Å². The van der Waals surface area contributed by atoms with Crippen molar-refractivity contribution in [1.82, 2.24) is 0 Å². The van der Waals surface area contributed by atoms with Crippen LogP contribution in [0.2, 0.25) is 0 Å². The lowest BCUT2D eigenvalue weighted by atomic mass is 10.2. The maximum absolute atomic E-state index is 2.12. The van der Waals surface area contributed by atoms with Gasteiger partial charge in [-0.2, -0.15) is 0 Å². The molecule has 0 unspecified atom stereocenters. The van der Waals surface area contributed by atoms with Gasteiger partial charge in [-0.3, -0.25) is 0 Å². The molecular formula is C22H20. The maximum atomic E-state index is 2.12. The smallest absolute Gasteiger partial charge is 0.0184 e. The Morgan fingerprint density at radius 1 is 0.227 bits per heavy atom. The molecule has 0 saturated carbocycles. The van der Waals surface area contributed by atoms with Crippen molar-refractivity contribution in [1.29, 1.82) is 0 Å². The lowest BCUT2D eigenvalue weighted by Crippen LogP contribution is -1.64. The molecule has 0 heterocycles. The van der Waals surface area contributed by atoms with E-state index in [1.807, 2.05) is 72.8 Å². The number of fused-ring (bicyclic) bond motifs is 1. The van der Waals surface area contributed by atoms with E-state index in [1.165, 1.54) is 10.8 Å². The van der Waals surface area contributed by atoms with Gasteiger partial charge < -0.3 is 0 Å². The first-order valence-electron chi connectivity index (χ1n) is 7.40. The van der Waals surface area contributed by atoms with Gasteiger partial charge >= 0.3 is 0 Å². The maximum Gasteiger partial charge on any atom is -0.0184 e. The van der Waals surface area contributed by atoms with Crippen LogP contribution in [0.15, 0.2) is 121 Å². The van der Waals surface area contributed by atoms with Crippen molar-refractivity contribution in [3.05, 3.63) is 121 Å². The molecular weight excluding hydrogens is 264 g/mol. The summed E-state index contributed by atoms with van der Waals surface area (Å²) in [5.41, 5.74) is 0. The second-order valence-electron chi connectivity index (χ2n) is 4.66. The van der Waals surface area contributed by atoms with Gasteiger partial charge in [0.15, 0.2) is 0 Å². The van der Waals surface area contributed by atoms with E-state index in [9.17, 15) is 0 Å². The SMILES string of the molecule is c1ccccccccc2ccccc2ccccccc1. The molecule has 0 fully saturated rings. The van der Waals surface area contributed by atoms with Crippen LogP contribution >= 0.6 is 0 Å². The van der Waals surface area contributed by atoms with E-state index in [0.717, 1.165) is 0 Å². The van der Waals surface area contributed by atoms with Crippen LogP contribution < -0.4 is 0 Å². The second kappa shape index (κ2) is 9.95. The third-order valence-electron chi connectivity index (χ3n) is 2.99. The van der Waals surface area contributed by atoms with Crippen molar-refractivity contribution in [2.24, 2.45) is 0 Å². The fourth-order valence-electron chi connectivity index (χ4n) is 1.90. The van der Waals surface area contributed by atoms with E-state index in [0.29, 0.717) is 0 Å². The van der Waals surface area contributed by atoms with Crippen molar-refractivity contribution in [3.63, 3.8) is 0 Å². The molecule has 0 aliphatic heterocycles. The molecule has 0 saturated heterocycles. The summed E-state index contributed by atoms with van der Waals surface area (Å²) in [7, 11) is 0. The van der Waals surface area contributed by atoms with Crippen LogP contribution in [0.1, 0.15) is 0 Å². The minimum Gasteiger partial charge on any atom is -0.0623 e. The summed E-state index contributed by atoms with van der Waals surface area (Å²) in [5.74, 6) is 0. The van der Waals surface area contributed by atoms with Crippen LogP contribution in [0.25, 0.3) is 10.8 Å². The van der Waals surface area contributed by atoms with E-state index >= 15 is 0 Å². The Balaban J connectivity index is 2.53. The molecule has 0 N–H and O–H groups in total. The Morgan fingerprint density at radius 2 is 0.409 bits per heavy atom. The molecule has 0 nitrogen and oxygen atoms in total. The molecule has 2 aromatic carbocycles. The average molecular weight is 284 g/mol. The predicted octanol–water partition coefficient (Wildman–Crippen LogP) is 6.21. The number of hydrogen-bond donors (Lipinski definition) is 0. The topological polar surface area (TPSA) is 0 Å². The van der Waals surface area contributed by atoms with E-state index in [4.69, 9.17) is 0 Å². The van der Waals surface area contributed by atoms with Gasteiger partial charge in [-0.1, -0.05) is 121 Å². The number of hydrogen-bond acceptors (Lipinski definition) is 0. The van der Waals surface area contributed by atoms with E-state index in [2.05, 4.69) is 48.5 Å². The third kappa shape index (κ3) is 6.06. The van der Waals surface area contributed by atoms with Gasteiger partial charge in [0.25, 0.3) is 0 Å². The zero-order chi connectivity index (χ0) is 15.3. The summed E-state index contributed by atoms with van der Waals surface area (Å²) in [6.07, 6.45) is 0. The lowest BCUT2D eigenvalue weighted by molar-refractivity contribution is 1.73. The first kappa shape index (κ1) is 15.5. The van der Waals surface area contributed by atoms with Gasteiger partial charge in [0, 0.05) is 0 Å². The Hall–Kier alpha value is -2.86. The standard InChI is InChI=1S/C22H20/c1-2-4-6-8-10-12-14-18-22-20-16-15-19-21(22)17-13-11-9-7-5-3-1/h1-20H. The van der Waals surface area contributed by atoms with E-state index < -0.39 is 0 Å². The van der Waals surface area contributed by atoms with Crippen LogP contribution in [-0.2, 0) is 0 Å². The Kier molecular flexibility index (Phi) is 7.02. The fraction of sp³-hybridized carbons (Fsp3) is 0. The van der Waals surface area contributed by atoms with Crippen LogP contribution in [0.4, 0.5) is 0 Å². The molecule has 22 heavy (non-hydrogen) atoms. The minimum atomic E-state index is 1.21. The van der Waals surface area contributed by atoms with Crippen LogP contribution in [0.5, 0.6) is 0 Å². The molecule has 2 rings (SSSR count). The fourth-order valence-corrected chi connectivity index (χ4v) is 1.90. The molecule has 0 spiro atoms. The average Bonchev–Trinajstić information content (AvgIpc) is 2.55. The van der Waals surface area contributed by atoms with E-state index in [1.54, 1.807) is 0 Å². The second-order valence-corrected chi connectivity index (χ2v) is 4.66. The monoisotopic (exact) mass is 284 g/mol. The molecule has 0 aromatic heterocycles. The summed E-state index contributed by atoms with van der Waals surface area (Å²) in [5, 5.41) is 2.42. The molecule has 0 amide bonds. The Bertz CT molecular complexity index is 692. The van der Waals surface area contributed by atoms with Crippen LogP contribution in [0, 0.1) is 0 Å². The molecule has 0 radical (unpaired) electrons. The highest BCUT2D eigenvalue weighted by Gasteiger charge is 1.82. The Labute approximate surface area is 132 Å². The van der Waals surface area contributed by atoms with Crippen LogP contribution in [-0.4, -0.2) is 0 Å². The van der Waals surface area contributed by atoms with Crippen molar-refractivity contribution >= 4 is 10.8 Å². The summed E-state index contributed by atoms with van der Waals surface area (Å²) in [4.78, 5) is 0. The molecule has 0 bridgehead atoms. The number of rotatable bonds is 0. The summed E-state index contributed by atoms with van der Waals surface area (Å²) >= 11 is 0. The predicted molar refractivity (Wildman–Crippen MR) is 96.8 cm³/mol. The van der Waals surface area contributed by atoms with E-state index in [-0.39, 0.29) is 0 Å². The number of benzene rings is 1. The molecule has 0 heteroatoms. The normalized spacial score (nSPS) is 8.91. The van der Waals surface area contributed by atoms with Gasteiger partial charge in [-0.05, 0) is 10.8 Å². The van der Waals surface area contributed by atoms with Crippen molar-refractivity contribution in [3.8, 4) is 0 Å². The molecule has 2 aromatic rings. The highest BCUT2D eigenvalue weighted by atomic mass is 13.9. The lowest BCUT2D eigenvalue weighted by Gasteiger charge is -1.89. The molecule has 108 valence electrons. The van der Waals surface area contributed by atoms with Gasteiger partial charge in [-0.15, -0.1) is 0 Å². The third-order valence-corrected chi connectivity index (χ3v) is 2.99. The van der Waals surface area contributed by atoms with Gasteiger partial charge in [0.1, 0.15) is 0 Å². The highest BCUT2D eigenvalue weighted by Crippen LogP contribution is 2.08. The molecule has 0 aliphatic rings. The summed E-state index contributed by atoms with van der Waals surface area (Å²) in [6.45, 7) is 0. The Morgan fingerprint density at radius 3 is 0.682 bits per heavy atom. The zero-order valence-corrected chi connectivity index (χ0v) is 12.5. The largest absolute Gasteiger partial charge is 0.0623 e. The molecule has 0 aliphatic carbocycles. The highest BCUT2D eigenvalue weighted by molar-refractivity contribution is 5.80.